The molecule has 26 heavy (non-hydrogen) atoms. The van der Waals surface area contributed by atoms with Gasteiger partial charge in [-0.3, -0.25) is 9.59 Å². The van der Waals surface area contributed by atoms with Gasteiger partial charge in [-0.1, -0.05) is 0 Å². The molecular formula is C17H20F3N3O3. The van der Waals surface area contributed by atoms with Gasteiger partial charge in [-0.05, 0) is 25.1 Å². The maximum atomic E-state index is 13.9. The monoisotopic (exact) mass is 371 g/mol. The summed E-state index contributed by atoms with van der Waals surface area (Å²) in [4.78, 5) is 23.1. The predicted octanol–water partition coefficient (Wildman–Crippen LogP) is 2.35. The fraction of sp³-hybridized carbons (Fsp3) is 0.353. The molecule has 1 aromatic rings. The largest absolute Gasteiger partial charge is 0.469 e. The van der Waals surface area contributed by atoms with Crippen molar-refractivity contribution in [2.75, 3.05) is 20.2 Å². The van der Waals surface area contributed by atoms with Crippen LogP contribution in [0.5, 0.6) is 0 Å². The Bertz CT molecular complexity index is 706. The summed E-state index contributed by atoms with van der Waals surface area (Å²) in [7, 11) is 1.21. The third kappa shape index (κ3) is 5.91. The lowest BCUT2D eigenvalue weighted by atomic mass is 10.0. The van der Waals surface area contributed by atoms with E-state index in [-0.39, 0.29) is 36.3 Å². The Kier molecular flexibility index (Phi) is 8.33. The van der Waals surface area contributed by atoms with E-state index in [2.05, 4.69) is 15.4 Å². The summed E-state index contributed by atoms with van der Waals surface area (Å²) in [5.74, 6) is -1.98. The van der Waals surface area contributed by atoms with Gasteiger partial charge in [0.05, 0.1) is 24.8 Å². The van der Waals surface area contributed by atoms with Crippen LogP contribution in [0.25, 0.3) is 5.70 Å². The van der Waals surface area contributed by atoms with Crippen LogP contribution in [-0.4, -0.2) is 44.7 Å². The second-order valence-electron chi connectivity index (χ2n) is 5.12. The fourth-order valence-corrected chi connectivity index (χ4v) is 2.14. The molecule has 1 amide bonds. The first kappa shape index (κ1) is 21.2. The van der Waals surface area contributed by atoms with E-state index < -0.39 is 29.7 Å². The Balaban J connectivity index is 3.16. The fourth-order valence-electron chi connectivity index (χ4n) is 2.14. The zero-order valence-electron chi connectivity index (χ0n) is 14.4. The van der Waals surface area contributed by atoms with E-state index in [1.807, 2.05) is 0 Å². The second-order valence-corrected chi connectivity index (χ2v) is 5.12. The molecule has 3 N–H and O–H groups in total. The van der Waals surface area contributed by atoms with Gasteiger partial charge in [0.15, 0.2) is 0 Å². The molecule has 0 aromatic heterocycles. The number of halogens is 3. The summed E-state index contributed by atoms with van der Waals surface area (Å²) in [6.45, 7) is 1.90. The normalized spacial score (nSPS) is 11.6. The molecule has 0 saturated carbocycles. The number of hydrogen-bond donors (Lipinski definition) is 3. The lowest BCUT2D eigenvalue weighted by molar-refractivity contribution is -0.140. The van der Waals surface area contributed by atoms with Crippen LogP contribution < -0.4 is 10.6 Å². The highest BCUT2D eigenvalue weighted by Crippen LogP contribution is 2.22. The quantitative estimate of drug-likeness (QED) is 0.459. The topological polar surface area (TPSA) is 91.3 Å². The van der Waals surface area contributed by atoms with Gasteiger partial charge in [0.2, 0.25) is 0 Å². The average molecular weight is 371 g/mol. The number of benzene rings is 1. The first-order valence-electron chi connectivity index (χ1n) is 7.76. The van der Waals surface area contributed by atoms with Crippen LogP contribution in [0.2, 0.25) is 0 Å². The van der Waals surface area contributed by atoms with E-state index in [1.165, 1.54) is 13.2 Å². The molecule has 142 valence electrons. The lowest BCUT2D eigenvalue weighted by Gasteiger charge is -2.15. The minimum Gasteiger partial charge on any atom is -0.469 e. The number of alkyl halides is 2. The van der Waals surface area contributed by atoms with Crippen molar-refractivity contribution in [3.63, 3.8) is 0 Å². The van der Waals surface area contributed by atoms with Crippen molar-refractivity contribution in [3.05, 3.63) is 40.7 Å². The van der Waals surface area contributed by atoms with E-state index in [4.69, 9.17) is 5.41 Å². The molecule has 0 aliphatic rings. The predicted molar refractivity (Wildman–Crippen MR) is 90.8 cm³/mol. The Hall–Kier alpha value is -2.84. The molecule has 0 atom stereocenters. The van der Waals surface area contributed by atoms with Crippen molar-refractivity contribution >= 4 is 23.8 Å². The van der Waals surface area contributed by atoms with Crippen LogP contribution in [0.4, 0.5) is 13.2 Å². The highest BCUT2D eigenvalue weighted by molar-refractivity contribution is 5.96. The molecule has 0 spiro atoms. The number of amides is 1. The summed E-state index contributed by atoms with van der Waals surface area (Å²) in [5, 5.41) is 12.3. The zero-order valence-corrected chi connectivity index (χ0v) is 14.4. The van der Waals surface area contributed by atoms with Gasteiger partial charge in [0.25, 0.3) is 12.3 Å². The number of nitrogens with one attached hydrogen (secondary N) is 3. The number of esters is 1. The van der Waals surface area contributed by atoms with Gasteiger partial charge in [-0.2, -0.15) is 0 Å². The van der Waals surface area contributed by atoms with E-state index in [1.54, 1.807) is 6.92 Å². The molecule has 9 heteroatoms. The first-order chi connectivity index (χ1) is 12.3. The summed E-state index contributed by atoms with van der Waals surface area (Å²) < 4.78 is 44.6. The van der Waals surface area contributed by atoms with Gasteiger partial charge in [0, 0.05) is 30.4 Å². The molecule has 0 aliphatic carbocycles. The second kappa shape index (κ2) is 10.2. The molecule has 0 heterocycles. The first-order valence-corrected chi connectivity index (χ1v) is 7.76. The van der Waals surface area contributed by atoms with Crippen molar-refractivity contribution in [1.29, 1.82) is 5.41 Å². The molecule has 0 bridgehead atoms. The van der Waals surface area contributed by atoms with Crippen molar-refractivity contribution in [3.8, 4) is 0 Å². The van der Waals surface area contributed by atoms with E-state index in [0.717, 1.165) is 12.1 Å². The van der Waals surface area contributed by atoms with Crippen LogP contribution in [0.15, 0.2) is 23.8 Å². The molecule has 0 fully saturated rings. The molecule has 6 nitrogen and oxygen atoms in total. The molecule has 0 unspecified atom stereocenters. The number of carbonyl (C=O) groups is 2. The van der Waals surface area contributed by atoms with Crippen LogP contribution in [-0.2, 0) is 9.53 Å². The maximum absolute atomic E-state index is 13.9. The van der Waals surface area contributed by atoms with Crippen molar-refractivity contribution < 1.29 is 27.5 Å². The standard InChI is InChI=1S/C17H20F3N3O3/c1-3-22-15(13(9-21)16(19)20)10-6-11(8-12(18)7-10)17(25)23-5-4-14(24)26-2/h6-9,16,21-22H,3-5H2,1-2H3,(H,23,25)/b15-13+,21-9?. The third-order valence-corrected chi connectivity index (χ3v) is 3.32. The van der Waals surface area contributed by atoms with E-state index >= 15 is 0 Å². The van der Waals surface area contributed by atoms with Crippen LogP contribution in [0.1, 0.15) is 29.3 Å². The zero-order chi connectivity index (χ0) is 19.7. The minimum atomic E-state index is -2.94. The molecular weight excluding hydrogens is 351 g/mol. The van der Waals surface area contributed by atoms with Gasteiger partial charge < -0.3 is 20.8 Å². The SMILES string of the molecule is CCN/C(=C(\C=N)C(F)F)c1cc(F)cc(C(=O)NCCC(=O)OC)c1. The summed E-state index contributed by atoms with van der Waals surface area (Å²) >= 11 is 0. The number of methoxy groups -OCH3 is 1. The highest BCUT2D eigenvalue weighted by atomic mass is 19.3. The van der Waals surface area contributed by atoms with Gasteiger partial charge >= 0.3 is 5.97 Å². The third-order valence-electron chi connectivity index (χ3n) is 3.32. The lowest BCUT2D eigenvalue weighted by Crippen LogP contribution is -2.26. The number of allylic oxidation sites excluding steroid dienone is 1. The number of ether oxygens (including phenoxy) is 1. The van der Waals surface area contributed by atoms with E-state index in [9.17, 15) is 22.8 Å². The Labute approximate surface area is 148 Å². The molecule has 0 aliphatic heterocycles. The Morgan fingerprint density at radius 1 is 1.23 bits per heavy atom. The number of hydrogen-bond acceptors (Lipinski definition) is 5. The summed E-state index contributed by atoms with van der Waals surface area (Å²) in [6.07, 6.45) is -2.51. The van der Waals surface area contributed by atoms with Crippen molar-refractivity contribution in [2.24, 2.45) is 0 Å². The summed E-state index contributed by atoms with van der Waals surface area (Å²) in [6, 6.07) is 3.18. The summed E-state index contributed by atoms with van der Waals surface area (Å²) in [5.41, 5.74) is -0.822. The average Bonchev–Trinajstić information content (AvgIpc) is 2.60. The van der Waals surface area contributed by atoms with Crippen LogP contribution in [0, 0.1) is 11.2 Å². The van der Waals surface area contributed by atoms with Gasteiger partial charge in [-0.15, -0.1) is 0 Å². The molecule has 0 saturated heterocycles. The Morgan fingerprint density at radius 2 is 1.88 bits per heavy atom. The smallest absolute Gasteiger partial charge is 0.307 e. The number of rotatable bonds is 9. The van der Waals surface area contributed by atoms with Crippen LogP contribution in [0.3, 0.4) is 0 Å². The van der Waals surface area contributed by atoms with Crippen molar-refractivity contribution in [1.82, 2.24) is 10.6 Å². The number of carbonyl (C=O) groups excluding carboxylic acids is 2. The molecule has 1 rings (SSSR count). The Morgan fingerprint density at radius 3 is 2.42 bits per heavy atom. The van der Waals surface area contributed by atoms with Crippen molar-refractivity contribution in [2.45, 2.75) is 19.8 Å². The molecule has 1 aromatic carbocycles. The van der Waals surface area contributed by atoms with Crippen LogP contribution >= 0.6 is 0 Å². The minimum absolute atomic E-state index is 0.0174. The highest BCUT2D eigenvalue weighted by Gasteiger charge is 2.18. The maximum Gasteiger partial charge on any atom is 0.307 e. The molecule has 0 radical (unpaired) electrons. The van der Waals surface area contributed by atoms with Gasteiger partial charge in [-0.25, -0.2) is 13.2 Å². The van der Waals surface area contributed by atoms with Gasteiger partial charge in [0.1, 0.15) is 5.82 Å². The van der Waals surface area contributed by atoms with E-state index in [0.29, 0.717) is 6.21 Å².